The van der Waals surface area contributed by atoms with E-state index in [1.54, 1.807) is 30.3 Å². The molecule has 0 radical (unpaired) electrons. The summed E-state index contributed by atoms with van der Waals surface area (Å²) in [6.07, 6.45) is -1.53. The molecule has 2 rings (SSSR count). The fourth-order valence-corrected chi connectivity index (χ4v) is 2.98. The molecular formula is C21H26F3N7O4. The molecule has 11 nitrogen and oxygen atoms in total. The largest absolute Gasteiger partial charge is 0.434 e. The lowest BCUT2D eigenvalue weighted by Crippen LogP contribution is -2.40. The maximum absolute atomic E-state index is 13.6. The maximum atomic E-state index is 13.6. The number of hydrogen-bond donors (Lipinski definition) is 5. The zero-order valence-corrected chi connectivity index (χ0v) is 18.8. The lowest BCUT2D eigenvalue weighted by atomic mass is 10.0. The van der Waals surface area contributed by atoms with Gasteiger partial charge in [0.1, 0.15) is 0 Å². The van der Waals surface area contributed by atoms with E-state index in [1.165, 1.54) is 0 Å². The molecular weight excluding hydrogens is 471 g/mol. The van der Waals surface area contributed by atoms with Gasteiger partial charge in [-0.15, -0.1) is 0 Å². The van der Waals surface area contributed by atoms with Crippen LogP contribution in [-0.4, -0.2) is 45.0 Å². The number of halogens is 3. The van der Waals surface area contributed by atoms with Crippen LogP contribution in [0.4, 0.5) is 24.8 Å². The Labute approximate surface area is 199 Å². The fraction of sp³-hybridized carbons (Fsp3) is 0.381. The Kier molecular flexibility index (Phi) is 10.2. The average molecular weight is 497 g/mol. The minimum absolute atomic E-state index is 0.142. The standard InChI is InChI=1S/C21H26F3N7O4/c1-2-3-5-8-14(12-31(35)13-32)18(33)28-30-20-25-11-16(17(26-20)21(22,23)24)19(34)29-27-15-9-6-4-7-10-15/h4,6-7,9-11,13-14,27,35H,2-3,5,8,12H2,1H3,(H,28,33)(H,29,34)(H,25,26,30)/t14-/m0/s1. The van der Waals surface area contributed by atoms with Gasteiger partial charge in [0, 0.05) is 6.20 Å². The number of amides is 3. The van der Waals surface area contributed by atoms with Crippen LogP contribution in [0.5, 0.6) is 0 Å². The molecule has 190 valence electrons. The van der Waals surface area contributed by atoms with Crippen molar-refractivity contribution in [2.24, 2.45) is 5.92 Å². The molecule has 0 unspecified atom stereocenters. The van der Waals surface area contributed by atoms with Gasteiger partial charge in [-0.25, -0.2) is 15.0 Å². The summed E-state index contributed by atoms with van der Waals surface area (Å²) in [6.45, 7) is 1.65. The number of hydroxylamine groups is 2. The molecule has 1 atom stereocenters. The zero-order chi connectivity index (χ0) is 25.8. The Balaban J connectivity index is 2.10. The van der Waals surface area contributed by atoms with Crippen LogP contribution in [0.25, 0.3) is 0 Å². The van der Waals surface area contributed by atoms with Crippen LogP contribution in [0.1, 0.15) is 48.7 Å². The highest BCUT2D eigenvalue weighted by Gasteiger charge is 2.38. The predicted molar refractivity (Wildman–Crippen MR) is 119 cm³/mol. The summed E-state index contributed by atoms with van der Waals surface area (Å²) >= 11 is 0. The van der Waals surface area contributed by atoms with E-state index >= 15 is 0 Å². The van der Waals surface area contributed by atoms with Crippen molar-refractivity contribution >= 4 is 29.9 Å². The summed E-state index contributed by atoms with van der Waals surface area (Å²) in [7, 11) is 0. The van der Waals surface area contributed by atoms with Gasteiger partial charge in [0.25, 0.3) is 5.91 Å². The van der Waals surface area contributed by atoms with Crippen LogP contribution in [0, 0.1) is 5.92 Å². The minimum Gasteiger partial charge on any atom is -0.298 e. The molecule has 0 aliphatic rings. The number of hydrazine groups is 2. The van der Waals surface area contributed by atoms with E-state index in [9.17, 15) is 32.8 Å². The van der Waals surface area contributed by atoms with E-state index in [0.717, 1.165) is 12.8 Å². The topological polar surface area (TPSA) is 149 Å². The maximum Gasteiger partial charge on any atom is 0.434 e. The first-order valence-corrected chi connectivity index (χ1v) is 10.7. The smallest absolute Gasteiger partial charge is 0.298 e. The van der Waals surface area contributed by atoms with E-state index in [4.69, 9.17) is 0 Å². The molecule has 1 aromatic carbocycles. The first-order chi connectivity index (χ1) is 16.7. The second-order valence-electron chi connectivity index (χ2n) is 7.43. The number of para-hydroxylation sites is 1. The van der Waals surface area contributed by atoms with E-state index in [1.807, 2.05) is 6.92 Å². The highest BCUT2D eigenvalue weighted by molar-refractivity contribution is 5.96. The summed E-state index contributed by atoms with van der Waals surface area (Å²) in [5.74, 6) is -3.25. The van der Waals surface area contributed by atoms with Crippen LogP contribution in [0.2, 0.25) is 0 Å². The quantitative estimate of drug-likeness (QED) is 0.123. The van der Waals surface area contributed by atoms with Crippen LogP contribution >= 0.6 is 0 Å². The highest BCUT2D eigenvalue weighted by atomic mass is 19.4. The number of nitrogens with one attached hydrogen (secondary N) is 4. The number of rotatable bonds is 13. The Hall–Kier alpha value is -3.94. The Morgan fingerprint density at radius 1 is 1.14 bits per heavy atom. The van der Waals surface area contributed by atoms with Crippen LogP contribution in [0.15, 0.2) is 36.5 Å². The van der Waals surface area contributed by atoms with Gasteiger partial charge in [-0.05, 0) is 18.6 Å². The third-order valence-electron chi connectivity index (χ3n) is 4.75. The molecule has 5 N–H and O–H groups in total. The van der Waals surface area contributed by atoms with Crippen LogP contribution in [0.3, 0.4) is 0 Å². The van der Waals surface area contributed by atoms with Gasteiger partial charge in [0.15, 0.2) is 5.69 Å². The van der Waals surface area contributed by atoms with E-state index in [2.05, 4.69) is 31.7 Å². The van der Waals surface area contributed by atoms with Crippen molar-refractivity contribution in [3.05, 3.63) is 47.8 Å². The molecule has 2 aromatic rings. The molecule has 0 saturated carbocycles. The molecule has 1 aromatic heterocycles. The lowest BCUT2D eigenvalue weighted by molar-refractivity contribution is -0.154. The summed E-state index contributed by atoms with van der Waals surface area (Å²) in [4.78, 5) is 42.5. The Morgan fingerprint density at radius 3 is 2.49 bits per heavy atom. The monoisotopic (exact) mass is 497 g/mol. The normalized spacial score (nSPS) is 11.8. The van der Waals surface area contributed by atoms with Gasteiger partial charge >= 0.3 is 6.18 Å². The molecule has 1 heterocycles. The average Bonchev–Trinajstić information content (AvgIpc) is 2.85. The molecule has 0 bridgehead atoms. The molecule has 0 spiro atoms. The number of carbonyl (C=O) groups is 3. The van der Waals surface area contributed by atoms with Crippen molar-refractivity contribution < 1.29 is 32.8 Å². The van der Waals surface area contributed by atoms with Gasteiger partial charge in [0.05, 0.1) is 23.7 Å². The first kappa shape index (κ1) is 27.3. The first-order valence-electron chi connectivity index (χ1n) is 10.7. The number of anilines is 2. The Morgan fingerprint density at radius 2 is 1.86 bits per heavy atom. The predicted octanol–water partition coefficient (Wildman–Crippen LogP) is 2.74. The fourth-order valence-electron chi connectivity index (χ4n) is 2.98. The molecule has 35 heavy (non-hydrogen) atoms. The SMILES string of the molecule is CCCCC[C@@H](CN(O)C=O)C(=O)NNc1ncc(C(=O)NNc2ccccc2)c(C(F)(F)F)n1. The van der Waals surface area contributed by atoms with Gasteiger partial charge < -0.3 is 0 Å². The van der Waals surface area contributed by atoms with Gasteiger partial charge in [0.2, 0.25) is 18.3 Å². The number of alkyl halides is 3. The number of unbranched alkanes of at least 4 members (excludes halogenated alkanes) is 2. The van der Waals surface area contributed by atoms with Crippen molar-refractivity contribution in [2.75, 3.05) is 17.4 Å². The number of aromatic nitrogens is 2. The van der Waals surface area contributed by atoms with Crippen molar-refractivity contribution in [3.8, 4) is 0 Å². The van der Waals surface area contributed by atoms with Crippen molar-refractivity contribution in [2.45, 2.75) is 38.8 Å². The molecule has 3 amide bonds. The van der Waals surface area contributed by atoms with Crippen LogP contribution in [-0.2, 0) is 15.8 Å². The zero-order valence-electron chi connectivity index (χ0n) is 18.8. The van der Waals surface area contributed by atoms with Gasteiger partial charge in [-0.3, -0.25) is 41.3 Å². The second-order valence-corrected chi connectivity index (χ2v) is 7.43. The third kappa shape index (κ3) is 8.73. The molecule has 0 saturated heterocycles. The molecule has 14 heteroatoms. The van der Waals surface area contributed by atoms with Gasteiger partial charge in [-0.1, -0.05) is 44.4 Å². The molecule has 0 fully saturated rings. The summed E-state index contributed by atoms with van der Waals surface area (Å²) in [5, 5.41) is 9.73. The van der Waals surface area contributed by atoms with Gasteiger partial charge in [-0.2, -0.15) is 13.2 Å². The molecule has 0 aliphatic heterocycles. The van der Waals surface area contributed by atoms with Crippen molar-refractivity contribution in [1.29, 1.82) is 0 Å². The molecule has 0 aliphatic carbocycles. The van der Waals surface area contributed by atoms with Crippen LogP contribution < -0.4 is 21.7 Å². The number of carbonyl (C=O) groups excluding carboxylic acids is 3. The number of hydrogen-bond acceptors (Lipinski definition) is 8. The number of benzene rings is 1. The van der Waals surface area contributed by atoms with Crippen molar-refractivity contribution in [3.63, 3.8) is 0 Å². The van der Waals surface area contributed by atoms with E-state index in [-0.39, 0.29) is 13.0 Å². The summed E-state index contributed by atoms with van der Waals surface area (Å²) < 4.78 is 40.7. The lowest BCUT2D eigenvalue weighted by Gasteiger charge is -2.20. The van der Waals surface area contributed by atoms with Crippen molar-refractivity contribution in [1.82, 2.24) is 25.9 Å². The summed E-state index contributed by atoms with van der Waals surface area (Å²) in [6, 6.07) is 8.25. The second kappa shape index (κ2) is 13.1. The number of nitrogens with zero attached hydrogens (tertiary/aromatic N) is 3. The van der Waals surface area contributed by atoms with E-state index in [0.29, 0.717) is 29.8 Å². The third-order valence-corrected chi connectivity index (χ3v) is 4.75. The van der Waals surface area contributed by atoms with E-state index < -0.39 is 41.1 Å². The summed E-state index contributed by atoms with van der Waals surface area (Å²) in [5.41, 5.74) is 7.09. The minimum atomic E-state index is -4.99. The Bertz CT molecular complexity index is 993. The highest BCUT2D eigenvalue weighted by Crippen LogP contribution is 2.30.